The molecule has 0 atom stereocenters. The lowest BCUT2D eigenvalue weighted by Gasteiger charge is -2.27. The number of nitrogens with zero attached hydrogens (tertiary/aromatic N) is 5. The van der Waals surface area contributed by atoms with Gasteiger partial charge in [-0.25, -0.2) is 9.55 Å². The van der Waals surface area contributed by atoms with Gasteiger partial charge in [0.15, 0.2) is 11.3 Å². The molecule has 0 bridgehead atoms. The second-order valence-electron chi connectivity index (χ2n) is 4.18. The van der Waals surface area contributed by atoms with Crippen molar-refractivity contribution >= 4 is 17.0 Å². The van der Waals surface area contributed by atoms with Crippen molar-refractivity contribution in [1.29, 1.82) is 0 Å². The number of ether oxygens (including phenoxy) is 1. The molecule has 1 fully saturated rings. The molecule has 1 aliphatic heterocycles. The molecule has 3 rings (SSSR count). The molecular weight excluding hydrogens is 230 g/mol. The Kier molecular flexibility index (Phi) is 3.02. The zero-order valence-corrected chi connectivity index (χ0v) is 10.4. The van der Waals surface area contributed by atoms with Crippen LogP contribution in [-0.4, -0.2) is 41.3 Å². The Bertz CT molecular complexity index is 553. The lowest BCUT2D eigenvalue weighted by molar-refractivity contribution is -0.670. The van der Waals surface area contributed by atoms with Gasteiger partial charge in [-0.3, -0.25) is 0 Å². The van der Waals surface area contributed by atoms with Crippen LogP contribution in [0.4, 0.5) is 5.82 Å². The van der Waals surface area contributed by atoms with Gasteiger partial charge in [-0.1, -0.05) is 0 Å². The molecule has 18 heavy (non-hydrogen) atoms. The number of fused-ring (bicyclic) bond motifs is 1. The highest BCUT2D eigenvalue weighted by Crippen LogP contribution is 2.19. The van der Waals surface area contributed by atoms with Gasteiger partial charge in [0.05, 0.1) is 26.0 Å². The third kappa shape index (κ3) is 1.88. The molecule has 2 aromatic rings. The third-order valence-electron chi connectivity index (χ3n) is 3.16. The molecule has 2 aromatic heterocycles. The van der Waals surface area contributed by atoms with E-state index in [1.807, 2.05) is 6.20 Å². The van der Waals surface area contributed by atoms with Crippen molar-refractivity contribution < 1.29 is 9.30 Å². The summed E-state index contributed by atoms with van der Waals surface area (Å²) in [6, 6.07) is 0. The van der Waals surface area contributed by atoms with Crippen molar-refractivity contribution in [2.75, 3.05) is 31.2 Å². The second kappa shape index (κ2) is 4.81. The van der Waals surface area contributed by atoms with Crippen LogP contribution in [0.25, 0.3) is 11.2 Å². The summed E-state index contributed by atoms with van der Waals surface area (Å²) in [7, 11) is 0. The third-order valence-corrected chi connectivity index (χ3v) is 3.16. The fraction of sp³-hybridized carbons (Fsp3) is 0.500. The molecule has 0 amide bonds. The molecule has 0 unspecified atom stereocenters. The van der Waals surface area contributed by atoms with Crippen molar-refractivity contribution in [3.05, 3.63) is 18.7 Å². The monoisotopic (exact) mass is 246 g/mol. The highest BCUT2D eigenvalue weighted by Gasteiger charge is 2.20. The van der Waals surface area contributed by atoms with Gasteiger partial charge >= 0.3 is 5.65 Å². The number of anilines is 1. The van der Waals surface area contributed by atoms with E-state index in [9.17, 15) is 0 Å². The summed E-state index contributed by atoms with van der Waals surface area (Å²) in [5.74, 6) is 0.908. The van der Waals surface area contributed by atoms with Gasteiger partial charge in [0.2, 0.25) is 6.33 Å². The topological polar surface area (TPSA) is 55.0 Å². The minimum atomic E-state index is 0.742. The molecule has 0 aliphatic carbocycles. The Labute approximate surface area is 105 Å². The lowest BCUT2D eigenvalue weighted by atomic mass is 10.3. The first-order chi connectivity index (χ1) is 8.90. The van der Waals surface area contributed by atoms with Crippen LogP contribution in [0.1, 0.15) is 6.92 Å². The minimum absolute atomic E-state index is 0.742. The molecule has 0 spiro atoms. The lowest BCUT2D eigenvalue weighted by Crippen LogP contribution is -2.38. The van der Waals surface area contributed by atoms with Crippen LogP contribution < -0.4 is 9.47 Å². The molecule has 1 saturated heterocycles. The minimum Gasteiger partial charge on any atom is -0.378 e. The quantitative estimate of drug-likeness (QED) is 0.707. The van der Waals surface area contributed by atoms with E-state index in [0.29, 0.717) is 0 Å². The van der Waals surface area contributed by atoms with Gasteiger partial charge in [0.25, 0.3) is 0 Å². The van der Waals surface area contributed by atoms with E-state index in [2.05, 4.69) is 31.3 Å². The van der Waals surface area contributed by atoms with Crippen molar-refractivity contribution in [2.24, 2.45) is 0 Å². The summed E-state index contributed by atoms with van der Waals surface area (Å²) in [6.07, 6.45) is 5.36. The molecule has 1 aliphatic rings. The van der Waals surface area contributed by atoms with Crippen molar-refractivity contribution in [3.8, 4) is 0 Å². The number of aromatic nitrogens is 4. The van der Waals surface area contributed by atoms with Crippen LogP contribution in [0.15, 0.2) is 18.7 Å². The van der Waals surface area contributed by atoms with Crippen molar-refractivity contribution in [1.82, 2.24) is 15.0 Å². The smallest absolute Gasteiger partial charge is 0.354 e. The van der Waals surface area contributed by atoms with E-state index >= 15 is 0 Å². The molecule has 0 radical (unpaired) electrons. The normalized spacial score (nSPS) is 16.2. The first-order valence-corrected chi connectivity index (χ1v) is 6.22. The van der Waals surface area contributed by atoms with E-state index in [1.54, 1.807) is 12.5 Å². The van der Waals surface area contributed by atoms with E-state index in [-0.39, 0.29) is 0 Å². The molecule has 6 nitrogen and oxygen atoms in total. The SMILES string of the molecule is CC[n+]1ccnc2c(N3CCOCC3)ncnc21. The summed E-state index contributed by atoms with van der Waals surface area (Å²) in [4.78, 5) is 15.4. The largest absolute Gasteiger partial charge is 0.378 e. The maximum absolute atomic E-state index is 5.37. The summed E-state index contributed by atoms with van der Waals surface area (Å²) in [5, 5.41) is 0. The molecule has 0 N–H and O–H groups in total. The summed E-state index contributed by atoms with van der Waals surface area (Å²) < 4.78 is 7.44. The molecular formula is C12H16N5O+. The van der Waals surface area contributed by atoms with Gasteiger partial charge in [0, 0.05) is 13.1 Å². The highest BCUT2D eigenvalue weighted by molar-refractivity contribution is 5.80. The first kappa shape index (κ1) is 11.3. The Hall–Kier alpha value is -1.82. The number of rotatable bonds is 2. The van der Waals surface area contributed by atoms with E-state index in [1.165, 1.54) is 0 Å². The Morgan fingerprint density at radius 3 is 2.89 bits per heavy atom. The summed E-state index contributed by atoms with van der Waals surface area (Å²) in [5.41, 5.74) is 1.75. The standard InChI is InChI=1S/C12H16N5O/c1-2-16-4-3-13-10-11(16)14-9-15-12(10)17-5-7-18-8-6-17/h3-4,9H,2,5-8H2,1H3/q+1. The molecule has 6 heteroatoms. The predicted octanol–water partition coefficient (Wildman–Crippen LogP) is 0.169. The van der Waals surface area contributed by atoms with Crippen LogP contribution in [0, 0.1) is 0 Å². The van der Waals surface area contributed by atoms with Crippen LogP contribution in [0.5, 0.6) is 0 Å². The average Bonchev–Trinajstić information content (AvgIpc) is 2.47. The van der Waals surface area contributed by atoms with Gasteiger partial charge in [-0.15, -0.1) is 0 Å². The Morgan fingerprint density at radius 1 is 1.28 bits per heavy atom. The van der Waals surface area contributed by atoms with Crippen LogP contribution in [0.3, 0.4) is 0 Å². The second-order valence-corrected chi connectivity index (χ2v) is 4.18. The number of aryl methyl sites for hydroxylation is 1. The molecule has 0 aromatic carbocycles. The van der Waals surface area contributed by atoms with Crippen LogP contribution >= 0.6 is 0 Å². The van der Waals surface area contributed by atoms with Gasteiger partial charge in [-0.05, 0) is 11.9 Å². The fourth-order valence-corrected chi connectivity index (χ4v) is 2.21. The average molecular weight is 246 g/mol. The fourth-order valence-electron chi connectivity index (χ4n) is 2.21. The molecule has 0 saturated carbocycles. The highest BCUT2D eigenvalue weighted by atomic mass is 16.5. The Balaban J connectivity index is 2.11. The Morgan fingerprint density at radius 2 is 2.11 bits per heavy atom. The molecule has 3 heterocycles. The van der Waals surface area contributed by atoms with Crippen LogP contribution in [-0.2, 0) is 11.3 Å². The molecule has 94 valence electrons. The van der Waals surface area contributed by atoms with Gasteiger partial charge in [-0.2, -0.15) is 4.98 Å². The maximum atomic E-state index is 5.37. The zero-order chi connectivity index (χ0) is 12.4. The van der Waals surface area contributed by atoms with Crippen LogP contribution in [0.2, 0.25) is 0 Å². The number of hydrogen-bond donors (Lipinski definition) is 0. The zero-order valence-electron chi connectivity index (χ0n) is 10.4. The number of morpholine rings is 1. The van der Waals surface area contributed by atoms with Gasteiger partial charge < -0.3 is 9.64 Å². The van der Waals surface area contributed by atoms with E-state index in [4.69, 9.17) is 4.74 Å². The number of hydrogen-bond acceptors (Lipinski definition) is 5. The predicted molar refractivity (Wildman–Crippen MR) is 66.2 cm³/mol. The van der Waals surface area contributed by atoms with E-state index in [0.717, 1.165) is 49.8 Å². The van der Waals surface area contributed by atoms with E-state index < -0.39 is 0 Å². The summed E-state index contributed by atoms with van der Waals surface area (Å²) >= 11 is 0. The maximum Gasteiger partial charge on any atom is 0.354 e. The summed E-state index contributed by atoms with van der Waals surface area (Å²) in [6.45, 7) is 6.16. The first-order valence-electron chi connectivity index (χ1n) is 6.22. The van der Waals surface area contributed by atoms with Crippen molar-refractivity contribution in [3.63, 3.8) is 0 Å². The van der Waals surface area contributed by atoms with Gasteiger partial charge in [0.1, 0.15) is 6.20 Å². The van der Waals surface area contributed by atoms with Crippen molar-refractivity contribution in [2.45, 2.75) is 13.5 Å².